The van der Waals surface area contributed by atoms with E-state index in [1.807, 2.05) is 54.6 Å². The quantitative estimate of drug-likeness (QED) is 0.114. The van der Waals surface area contributed by atoms with Crippen LogP contribution in [0.15, 0.2) is 72.8 Å². The monoisotopic (exact) mass is 668 g/mol. The zero-order valence-electron chi connectivity index (χ0n) is 25.6. The van der Waals surface area contributed by atoms with Crippen LogP contribution in [0.3, 0.4) is 0 Å². The first-order chi connectivity index (χ1) is 23.1. The third-order valence-electron chi connectivity index (χ3n) is 8.63. The number of hydrogen-bond acceptors (Lipinski definition) is 6. The molecule has 4 aromatic rings. The second kappa shape index (κ2) is 14.5. The Balaban J connectivity index is 1.20. The lowest BCUT2D eigenvalue weighted by molar-refractivity contribution is -0.252. The molecule has 1 amide bonds. The Labute approximate surface area is 273 Å². The summed E-state index contributed by atoms with van der Waals surface area (Å²) < 4.78 is 81.8. The van der Waals surface area contributed by atoms with Gasteiger partial charge in [0.2, 0.25) is 5.82 Å². The van der Waals surface area contributed by atoms with Crippen LogP contribution in [-0.4, -0.2) is 52.9 Å². The summed E-state index contributed by atoms with van der Waals surface area (Å²) >= 11 is 0. The number of halogens is 5. The van der Waals surface area contributed by atoms with Gasteiger partial charge in [0.1, 0.15) is 5.56 Å². The van der Waals surface area contributed by atoms with Crippen molar-refractivity contribution in [2.45, 2.75) is 50.6 Å². The number of rotatable bonds is 9. The van der Waals surface area contributed by atoms with Crippen molar-refractivity contribution in [3.8, 4) is 11.1 Å². The molecule has 6 rings (SSSR count). The SMILES string of the molecule is O=C(NCc1cccc(-c2cccc([C@H]3O[C@@H](CN4CC[C@H](O)C4)C[C@@H](c4ccc(CO)cc4)O3)c2)c1)c1c(F)c(F)c(F)c(F)c1F. The van der Waals surface area contributed by atoms with Crippen LogP contribution in [0.25, 0.3) is 11.1 Å². The van der Waals surface area contributed by atoms with E-state index in [4.69, 9.17) is 9.47 Å². The molecule has 0 bridgehead atoms. The Morgan fingerprint density at radius 2 is 1.48 bits per heavy atom. The molecular formula is C36H33F5N2O5. The summed E-state index contributed by atoms with van der Waals surface area (Å²) in [7, 11) is 0. The average Bonchev–Trinajstić information content (AvgIpc) is 3.53. The third kappa shape index (κ3) is 7.27. The molecule has 0 unspecified atom stereocenters. The van der Waals surface area contributed by atoms with Gasteiger partial charge in [0.15, 0.2) is 29.6 Å². The molecule has 3 N–H and O–H groups in total. The maximum absolute atomic E-state index is 14.1. The third-order valence-corrected chi connectivity index (χ3v) is 8.63. The molecule has 48 heavy (non-hydrogen) atoms. The van der Waals surface area contributed by atoms with E-state index in [-0.39, 0.29) is 31.5 Å². The summed E-state index contributed by atoms with van der Waals surface area (Å²) in [5.41, 5.74) is 2.96. The van der Waals surface area contributed by atoms with Crippen molar-refractivity contribution >= 4 is 5.91 Å². The van der Waals surface area contributed by atoms with E-state index >= 15 is 0 Å². The summed E-state index contributed by atoms with van der Waals surface area (Å²) in [6.45, 7) is 1.67. The van der Waals surface area contributed by atoms with Crippen molar-refractivity contribution in [3.63, 3.8) is 0 Å². The molecule has 2 heterocycles. The summed E-state index contributed by atoms with van der Waals surface area (Å²) in [6.07, 6.45) is -0.255. The van der Waals surface area contributed by atoms with E-state index < -0.39 is 46.8 Å². The highest BCUT2D eigenvalue weighted by atomic mass is 19.2. The van der Waals surface area contributed by atoms with Crippen LogP contribution >= 0.6 is 0 Å². The van der Waals surface area contributed by atoms with Gasteiger partial charge in [0.05, 0.1) is 24.9 Å². The van der Waals surface area contributed by atoms with Gasteiger partial charge >= 0.3 is 0 Å². The fourth-order valence-corrected chi connectivity index (χ4v) is 6.10. The predicted octanol–water partition coefficient (Wildman–Crippen LogP) is 6.08. The smallest absolute Gasteiger partial charge is 0.257 e. The summed E-state index contributed by atoms with van der Waals surface area (Å²) in [5, 5.41) is 21.7. The first-order valence-corrected chi connectivity index (χ1v) is 15.5. The molecule has 12 heteroatoms. The average molecular weight is 669 g/mol. The van der Waals surface area contributed by atoms with E-state index in [0.717, 1.165) is 34.4 Å². The number of hydrogen-bond donors (Lipinski definition) is 3. The predicted molar refractivity (Wildman–Crippen MR) is 165 cm³/mol. The first-order valence-electron chi connectivity index (χ1n) is 15.5. The number of aliphatic hydroxyl groups is 2. The molecule has 2 aliphatic rings. The van der Waals surface area contributed by atoms with Crippen LogP contribution in [-0.2, 0) is 22.6 Å². The van der Waals surface area contributed by atoms with Crippen LogP contribution in [0.5, 0.6) is 0 Å². The van der Waals surface area contributed by atoms with E-state index in [0.29, 0.717) is 31.5 Å². The number of β-amino-alcohol motifs (C(OH)–C–C–N with tert-alkyl or cyclic N) is 1. The van der Waals surface area contributed by atoms with Gasteiger partial charge in [0.25, 0.3) is 5.91 Å². The molecule has 0 spiro atoms. The number of carbonyl (C=O) groups excluding carboxylic acids is 1. The number of carbonyl (C=O) groups is 1. The van der Waals surface area contributed by atoms with Gasteiger partial charge < -0.3 is 25.0 Å². The number of aliphatic hydroxyl groups excluding tert-OH is 2. The van der Waals surface area contributed by atoms with E-state index in [1.54, 1.807) is 18.2 Å². The Bertz CT molecular complexity index is 1760. The molecule has 2 fully saturated rings. The number of likely N-dealkylation sites (tertiary alicyclic amines) is 1. The highest BCUT2D eigenvalue weighted by Gasteiger charge is 2.35. The summed E-state index contributed by atoms with van der Waals surface area (Å²) in [6, 6.07) is 22.0. The van der Waals surface area contributed by atoms with Gasteiger partial charge in [-0.3, -0.25) is 9.69 Å². The molecule has 2 saturated heterocycles. The fraction of sp³-hybridized carbons (Fsp3) is 0.306. The molecule has 4 aromatic carbocycles. The molecule has 0 aliphatic carbocycles. The second-order valence-corrected chi connectivity index (χ2v) is 12.0. The highest BCUT2D eigenvalue weighted by Crippen LogP contribution is 2.39. The van der Waals surface area contributed by atoms with Crippen LogP contribution in [0.1, 0.15) is 57.8 Å². The lowest BCUT2D eigenvalue weighted by Gasteiger charge is -2.38. The van der Waals surface area contributed by atoms with Gasteiger partial charge in [-0.15, -0.1) is 0 Å². The molecule has 0 saturated carbocycles. The van der Waals surface area contributed by atoms with Gasteiger partial charge in [0, 0.05) is 38.2 Å². The van der Waals surface area contributed by atoms with Crippen LogP contribution in [0.2, 0.25) is 0 Å². The second-order valence-electron chi connectivity index (χ2n) is 12.0. The Morgan fingerprint density at radius 1 is 0.812 bits per heavy atom. The Hall–Kier alpha value is -4.20. The van der Waals surface area contributed by atoms with Crippen molar-refractivity contribution in [2.24, 2.45) is 0 Å². The topological polar surface area (TPSA) is 91.3 Å². The van der Waals surface area contributed by atoms with Crippen LogP contribution < -0.4 is 5.32 Å². The van der Waals surface area contributed by atoms with Crippen molar-refractivity contribution in [1.29, 1.82) is 0 Å². The summed E-state index contributed by atoms with van der Waals surface area (Å²) in [4.78, 5) is 14.6. The molecule has 2 aliphatic heterocycles. The van der Waals surface area contributed by atoms with E-state index in [2.05, 4.69) is 10.2 Å². The lowest BCUT2D eigenvalue weighted by atomic mass is 9.98. The van der Waals surface area contributed by atoms with Gasteiger partial charge in [-0.1, -0.05) is 60.7 Å². The standard InChI is InChI=1S/C36H33F5N2O5/c37-30-29(31(38)33(40)34(41)32(30)39)35(46)42-16-21-3-1-4-23(13-21)24-5-2-6-25(14-24)36-47-27(18-43-12-11-26(45)17-43)15-28(48-36)22-9-7-20(19-44)8-10-22/h1-10,13-14,26-28,36,44-45H,11-12,15-19H2,(H,42,46)/t26-,27+,28-,36-/m0/s1. The van der Waals surface area contributed by atoms with Crippen molar-refractivity contribution in [3.05, 3.63) is 130 Å². The lowest BCUT2D eigenvalue weighted by Crippen LogP contribution is -2.38. The number of ether oxygens (including phenoxy) is 2. The molecule has 4 atom stereocenters. The molecule has 7 nitrogen and oxygen atoms in total. The van der Waals surface area contributed by atoms with Gasteiger partial charge in [-0.05, 0) is 46.4 Å². The van der Waals surface area contributed by atoms with E-state index in [9.17, 15) is 37.0 Å². The number of nitrogens with one attached hydrogen (secondary N) is 1. The Kier molecular flexibility index (Phi) is 10.2. The number of amides is 1. The van der Waals surface area contributed by atoms with Crippen LogP contribution in [0.4, 0.5) is 22.0 Å². The zero-order valence-corrected chi connectivity index (χ0v) is 25.6. The largest absolute Gasteiger partial charge is 0.392 e. The highest BCUT2D eigenvalue weighted by molar-refractivity contribution is 5.94. The normalized spacial score (nSPS) is 21.4. The molecule has 0 radical (unpaired) electrons. The minimum Gasteiger partial charge on any atom is -0.392 e. The molecular weight excluding hydrogens is 635 g/mol. The van der Waals surface area contributed by atoms with Gasteiger partial charge in [-0.25, -0.2) is 22.0 Å². The van der Waals surface area contributed by atoms with Gasteiger partial charge in [-0.2, -0.15) is 0 Å². The zero-order chi connectivity index (χ0) is 33.9. The number of nitrogens with zero attached hydrogens (tertiary/aromatic N) is 1. The minimum atomic E-state index is -2.34. The fourth-order valence-electron chi connectivity index (χ4n) is 6.10. The molecule has 0 aromatic heterocycles. The Morgan fingerprint density at radius 3 is 2.15 bits per heavy atom. The van der Waals surface area contributed by atoms with E-state index in [1.165, 1.54) is 0 Å². The van der Waals surface area contributed by atoms with Crippen LogP contribution in [0, 0.1) is 29.1 Å². The first kappa shape index (κ1) is 33.7. The maximum atomic E-state index is 14.1. The maximum Gasteiger partial charge on any atom is 0.257 e. The summed E-state index contributed by atoms with van der Waals surface area (Å²) in [5.74, 6) is -12.6. The van der Waals surface area contributed by atoms with Crippen molar-refractivity contribution < 1.29 is 46.4 Å². The van der Waals surface area contributed by atoms with Crippen molar-refractivity contribution in [1.82, 2.24) is 10.2 Å². The minimum absolute atomic E-state index is 0.0663. The van der Waals surface area contributed by atoms with Crippen molar-refractivity contribution in [2.75, 3.05) is 19.6 Å². The molecule has 252 valence electrons. The number of benzene rings is 4.